The highest BCUT2D eigenvalue weighted by Gasteiger charge is 2.39. The molecule has 0 amide bonds. The molecule has 0 aromatic heterocycles. The van der Waals surface area contributed by atoms with Gasteiger partial charge in [-0.2, -0.15) is 0 Å². The minimum absolute atomic E-state index is 0.213. The smallest absolute Gasteiger partial charge is 0.151 e. The van der Waals surface area contributed by atoms with E-state index in [4.69, 9.17) is 0 Å². The minimum Gasteiger partial charge on any atom is -0.311 e. The predicted molar refractivity (Wildman–Crippen MR) is 83.7 cm³/mol. The van der Waals surface area contributed by atoms with Gasteiger partial charge in [0.15, 0.2) is 9.84 Å². The van der Waals surface area contributed by atoms with Gasteiger partial charge in [-0.1, -0.05) is 27.7 Å². The first-order valence-corrected chi connectivity index (χ1v) is 9.74. The minimum atomic E-state index is -2.83. The van der Waals surface area contributed by atoms with Gasteiger partial charge < -0.3 is 5.32 Å². The van der Waals surface area contributed by atoms with Gasteiger partial charge in [-0.3, -0.25) is 4.90 Å². The molecule has 2 rings (SSSR count). The maximum absolute atomic E-state index is 11.9. The van der Waals surface area contributed by atoms with Gasteiger partial charge >= 0.3 is 0 Å². The van der Waals surface area contributed by atoms with Crippen LogP contribution in [0.2, 0.25) is 0 Å². The van der Waals surface area contributed by atoms with Crippen molar-refractivity contribution in [2.75, 3.05) is 24.6 Å². The molecule has 2 saturated heterocycles. The summed E-state index contributed by atoms with van der Waals surface area (Å²) in [4.78, 5) is 2.49. The molecule has 2 heterocycles. The van der Waals surface area contributed by atoms with Gasteiger partial charge in [0, 0.05) is 31.2 Å². The summed E-state index contributed by atoms with van der Waals surface area (Å²) in [5.74, 6) is 0.745. The Bertz CT molecular complexity index is 428. The quantitative estimate of drug-likeness (QED) is 0.843. The molecular weight excluding hydrogens is 272 g/mol. The van der Waals surface area contributed by atoms with Gasteiger partial charge in [0.05, 0.1) is 11.5 Å². The molecule has 0 bridgehead atoms. The van der Waals surface area contributed by atoms with Gasteiger partial charge in [0.25, 0.3) is 0 Å². The lowest BCUT2D eigenvalue weighted by atomic mass is 9.84. The van der Waals surface area contributed by atoms with Crippen LogP contribution in [0.25, 0.3) is 0 Å². The highest BCUT2D eigenvalue weighted by Crippen LogP contribution is 2.28. The summed E-state index contributed by atoms with van der Waals surface area (Å²) in [5, 5.41) is 3.66. The van der Waals surface area contributed by atoms with E-state index in [1.807, 2.05) is 0 Å². The summed E-state index contributed by atoms with van der Waals surface area (Å²) in [6.07, 6.45) is 2.94. The van der Waals surface area contributed by atoms with E-state index in [-0.39, 0.29) is 11.5 Å². The number of nitrogens with zero attached hydrogens (tertiary/aromatic N) is 1. The van der Waals surface area contributed by atoms with Crippen LogP contribution in [0.3, 0.4) is 0 Å². The van der Waals surface area contributed by atoms with Crippen molar-refractivity contribution in [2.24, 2.45) is 5.41 Å². The van der Waals surface area contributed by atoms with Crippen LogP contribution < -0.4 is 5.32 Å². The number of nitrogens with one attached hydrogen (secondary N) is 1. The van der Waals surface area contributed by atoms with Gasteiger partial charge in [-0.25, -0.2) is 8.42 Å². The standard InChI is InChI=1S/C15H30N2O2S/c1-5-12-9-16-14(15(2,3)4)10-17(12)13-7-6-8-20(18,19)11-13/h12-14,16H,5-11H2,1-4H3. The normalized spacial score (nSPS) is 35.9. The van der Waals surface area contributed by atoms with Gasteiger partial charge in [0.1, 0.15) is 0 Å². The molecule has 0 aromatic carbocycles. The molecule has 0 saturated carbocycles. The predicted octanol–water partition coefficient (Wildman–Crippen LogP) is 1.66. The fraction of sp³-hybridized carbons (Fsp3) is 1.00. The number of sulfone groups is 1. The molecule has 3 atom stereocenters. The summed E-state index contributed by atoms with van der Waals surface area (Å²) in [5.41, 5.74) is 0.213. The van der Waals surface area contributed by atoms with Crippen molar-refractivity contribution in [1.29, 1.82) is 0 Å². The third-order valence-electron chi connectivity index (χ3n) is 4.89. The van der Waals surface area contributed by atoms with Crippen molar-refractivity contribution in [1.82, 2.24) is 10.2 Å². The summed E-state index contributed by atoms with van der Waals surface area (Å²) in [6.45, 7) is 10.9. The van der Waals surface area contributed by atoms with Crippen LogP contribution in [-0.4, -0.2) is 56.0 Å². The summed E-state index contributed by atoms with van der Waals surface area (Å²) < 4.78 is 23.9. The van der Waals surface area contributed by atoms with Crippen LogP contribution in [0.4, 0.5) is 0 Å². The van der Waals surface area contributed by atoms with Crippen LogP contribution in [0.15, 0.2) is 0 Å². The molecule has 3 unspecified atom stereocenters. The Kier molecular flexibility index (Phi) is 4.82. The molecule has 1 N–H and O–H groups in total. The van der Waals surface area contributed by atoms with Crippen molar-refractivity contribution in [3.63, 3.8) is 0 Å². The fourth-order valence-corrected chi connectivity index (χ4v) is 5.20. The van der Waals surface area contributed by atoms with E-state index in [0.717, 1.165) is 32.4 Å². The molecule has 5 heteroatoms. The van der Waals surface area contributed by atoms with E-state index >= 15 is 0 Å². The summed E-state index contributed by atoms with van der Waals surface area (Å²) in [6, 6.07) is 1.15. The first-order valence-electron chi connectivity index (χ1n) is 7.92. The highest BCUT2D eigenvalue weighted by molar-refractivity contribution is 7.91. The van der Waals surface area contributed by atoms with Gasteiger partial charge in [-0.15, -0.1) is 0 Å². The Morgan fingerprint density at radius 3 is 2.55 bits per heavy atom. The SMILES string of the molecule is CCC1CNC(C(C)(C)C)CN1C1CCCS(=O)(=O)C1. The lowest BCUT2D eigenvalue weighted by Gasteiger charge is -2.48. The van der Waals surface area contributed by atoms with Crippen LogP contribution in [0, 0.1) is 5.41 Å². The van der Waals surface area contributed by atoms with Crippen molar-refractivity contribution in [3.8, 4) is 0 Å². The molecule has 0 aromatic rings. The summed E-state index contributed by atoms with van der Waals surface area (Å²) in [7, 11) is -2.83. The molecule has 0 radical (unpaired) electrons. The molecule has 4 nitrogen and oxygen atoms in total. The van der Waals surface area contributed by atoms with E-state index in [9.17, 15) is 8.42 Å². The average Bonchev–Trinajstić information content (AvgIpc) is 2.35. The maximum Gasteiger partial charge on any atom is 0.151 e. The number of piperazine rings is 1. The Balaban J connectivity index is 2.13. The molecule has 118 valence electrons. The van der Waals surface area contributed by atoms with Crippen molar-refractivity contribution in [2.45, 2.75) is 65.1 Å². The lowest BCUT2D eigenvalue weighted by Crippen LogP contribution is -2.63. The molecule has 2 aliphatic rings. The summed E-state index contributed by atoms with van der Waals surface area (Å²) >= 11 is 0. The molecule has 20 heavy (non-hydrogen) atoms. The third-order valence-corrected chi connectivity index (χ3v) is 6.69. The Labute approximate surface area is 124 Å². The Morgan fingerprint density at radius 2 is 2.00 bits per heavy atom. The average molecular weight is 302 g/mol. The van der Waals surface area contributed by atoms with E-state index < -0.39 is 9.84 Å². The zero-order valence-electron chi connectivity index (χ0n) is 13.4. The van der Waals surface area contributed by atoms with Crippen LogP contribution in [0.1, 0.15) is 47.0 Å². The largest absolute Gasteiger partial charge is 0.311 e. The zero-order chi connectivity index (χ0) is 15.0. The second-order valence-electron chi connectivity index (χ2n) is 7.50. The van der Waals surface area contributed by atoms with Crippen LogP contribution in [-0.2, 0) is 9.84 Å². The molecule has 0 aliphatic carbocycles. The maximum atomic E-state index is 11.9. The van der Waals surface area contributed by atoms with E-state index in [2.05, 4.69) is 37.9 Å². The third kappa shape index (κ3) is 3.74. The van der Waals surface area contributed by atoms with Gasteiger partial charge in [-0.05, 0) is 24.7 Å². The first kappa shape index (κ1) is 16.2. The lowest BCUT2D eigenvalue weighted by molar-refractivity contribution is 0.0502. The second-order valence-corrected chi connectivity index (χ2v) is 9.72. The monoisotopic (exact) mass is 302 g/mol. The highest BCUT2D eigenvalue weighted by atomic mass is 32.2. The van der Waals surface area contributed by atoms with Crippen LogP contribution >= 0.6 is 0 Å². The number of hydrogen-bond donors (Lipinski definition) is 1. The van der Waals surface area contributed by atoms with E-state index in [1.54, 1.807) is 0 Å². The Morgan fingerprint density at radius 1 is 1.30 bits per heavy atom. The first-order chi connectivity index (χ1) is 9.23. The van der Waals surface area contributed by atoms with Crippen molar-refractivity contribution >= 4 is 9.84 Å². The van der Waals surface area contributed by atoms with Crippen molar-refractivity contribution in [3.05, 3.63) is 0 Å². The molecule has 2 fully saturated rings. The van der Waals surface area contributed by atoms with Crippen LogP contribution in [0.5, 0.6) is 0 Å². The number of hydrogen-bond acceptors (Lipinski definition) is 4. The fourth-order valence-electron chi connectivity index (χ4n) is 3.49. The molecule has 0 spiro atoms. The zero-order valence-corrected chi connectivity index (χ0v) is 14.2. The second kappa shape index (κ2) is 5.93. The number of rotatable bonds is 2. The molecular formula is C15H30N2O2S. The van der Waals surface area contributed by atoms with Gasteiger partial charge in [0.2, 0.25) is 0 Å². The Hall–Kier alpha value is -0.130. The topological polar surface area (TPSA) is 49.4 Å². The van der Waals surface area contributed by atoms with E-state index in [1.165, 1.54) is 0 Å². The molecule has 2 aliphatic heterocycles. The van der Waals surface area contributed by atoms with Crippen molar-refractivity contribution < 1.29 is 8.42 Å². The van der Waals surface area contributed by atoms with E-state index in [0.29, 0.717) is 23.6 Å².